The van der Waals surface area contributed by atoms with Crippen molar-refractivity contribution in [3.05, 3.63) is 32.2 Å². The first-order valence-corrected chi connectivity index (χ1v) is 8.77. The SMILES string of the molecule is CC(C)(C)OC(=O)N1CCOCC1=O.Clc1cc(Br)cc(Br)c1. The number of hydrogen-bond acceptors (Lipinski definition) is 4. The Kier molecular flexibility index (Phi) is 8.00. The van der Waals surface area contributed by atoms with Crippen LogP contribution in [0.3, 0.4) is 0 Å². The third-order valence-corrected chi connectivity index (χ3v) is 3.56. The Morgan fingerprint density at radius 1 is 1.26 bits per heavy atom. The number of rotatable bonds is 0. The van der Waals surface area contributed by atoms with Crippen LogP contribution < -0.4 is 0 Å². The number of benzene rings is 1. The van der Waals surface area contributed by atoms with Crippen molar-refractivity contribution in [3.63, 3.8) is 0 Å². The van der Waals surface area contributed by atoms with Gasteiger partial charge >= 0.3 is 6.09 Å². The molecule has 1 aromatic carbocycles. The monoisotopic (exact) mass is 469 g/mol. The average Bonchev–Trinajstić information content (AvgIpc) is 2.35. The molecule has 1 aliphatic heterocycles. The van der Waals surface area contributed by atoms with Crippen LogP contribution in [0.2, 0.25) is 5.02 Å². The molecule has 1 saturated heterocycles. The molecule has 0 radical (unpaired) electrons. The lowest BCUT2D eigenvalue weighted by Gasteiger charge is -2.28. The van der Waals surface area contributed by atoms with Gasteiger partial charge in [0.25, 0.3) is 5.91 Å². The average molecular weight is 472 g/mol. The summed E-state index contributed by atoms with van der Waals surface area (Å²) in [5.41, 5.74) is -0.574. The molecule has 0 N–H and O–H groups in total. The fraction of sp³-hybridized carbons (Fsp3) is 0.467. The Morgan fingerprint density at radius 3 is 2.26 bits per heavy atom. The molecule has 5 nitrogen and oxygen atoms in total. The highest BCUT2D eigenvalue weighted by Gasteiger charge is 2.29. The van der Waals surface area contributed by atoms with Crippen molar-refractivity contribution >= 4 is 55.5 Å². The third-order valence-electron chi connectivity index (χ3n) is 2.43. The minimum absolute atomic E-state index is 0.0424. The highest BCUT2D eigenvalue weighted by Crippen LogP contribution is 2.22. The van der Waals surface area contributed by atoms with Gasteiger partial charge in [0, 0.05) is 14.0 Å². The van der Waals surface area contributed by atoms with Crippen molar-refractivity contribution in [2.24, 2.45) is 0 Å². The van der Waals surface area contributed by atoms with Gasteiger partial charge < -0.3 is 9.47 Å². The van der Waals surface area contributed by atoms with E-state index in [4.69, 9.17) is 21.1 Å². The molecular formula is C15H18Br2ClNO4. The van der Waals surface area contributed by atoms with E-state index in [1.807, 2.05) is 18.2 Å². The van der Waals surface area contributed by atoms with Crippen LogP contribution in [0.15, 0.2) is 27.1 Å². The van der Waals surface area contributed by atoms with Gasteiger partial charge in [0.2, 0.25) is 0 Å². The van der Waals surface area contributed by atoms with E-state index in [1.54, 1.807) is 20.8 Å². The summed E-state index contributed by atoms with van der Waals surface area (Å²) in [5.74, 6) is -0.342. The lowest BCUT2D eigenvalue weighted by atomic mass is 10.2. The van der Waals surface area contributed by atoms with Gasteiger partial charge in [0.05, 0.1) is 13.2 Å². The van der Waals surface area contributed by atoms with Gasteiger partial charge in [-0.25, -0.2) is 9.69 Å². The normalized spacial score (nSPS) is 14.9. The van der Waals surface area contributed by atoms with E-state index in [2.05, 4.69) is 31.9 Å². The number of halogens is 3. The van der Waals surface area contributed by atoms with Crippen LogP contribution in [0.25, 0.3) is 0 Å². The number of hydrogen-bond donors (Lipinski definition) is 0. The second kappa shape index (κ2) is 9.01. The minimum atomic E-state index is -0.592. The third kappa shape index (κ3) is 8.15. The molecule has 0 unspecified atom stereocenters. The van der Waals surface area contributed by atoms with Crippen LogP contribution in [-0.2, 0) is 14.3 Å². The maximum Gasteiger partial charge on any atom is 0.417 e. The van der Waals surface area contributed by atoms with Gasteiger partial charge in [-0.2, -0.15) is 0 Å². The molecular weight excluding hydrogens is 453 g/mol. The lowest BCUT2D eigenvalue weighted by molar-refractivity contribution is -0.141. The molecule has 0 aromatic heterocycles. The zero-order valence-corrected chi connectivity index (χ0v) is 17.0. The van der Waals surface area contributed by atoms with E-state index in [9.17, 15) is 9.59 Å². The fourth-order valence-corrected chi connectivity index (χ4v) is 3.34. The molecule has 0 atom stereocenters. The van der Waals surface area contributed by atoms with E-state index in [1.165, 1.54) is 0 Å². The van der Waals surface area contributed by atoms with Crippen LogP contribution >= 0.6 is 43.5 Å². The summed E-state index contributed by atoms with van der Waals surface area (Å²) in [6.45, 7) is 5.89. The van der Waals surface area contributed by atoms with Crippen LogP contribution in [0.4, 0.5) is 4.79 Å². The topological polar surface area (TPSA) is 55.8 Å². The molecule has 0 bridgehead atoms. The van der Waals surface area contributed by atoms with Crippen molar-refractivity contribution in [1.82, 2.24) is 4.90 Å². The zero-order chi connectivity index (χ0) is 17.6. The fourth-order valence-electron chi connectivity index (χ4n) is 1.55. The molecule has 2 amide bonds. The lowest BCUT2D eigenvalue weighted by Crippen LogP contribution is -2.47. The number of amides is 2. The second-order valence-corrected chi connectivity index (χ2v) is 7.93. The smallest absolute Gasteiger partial charge is 0.417 e. The van der Waals surface area contributed by atoms with Gasteiger partial charge in [-0.05, 0) is 39.0 Å². The number of ether oxygens (including phenoxy) is 2. The molecule has 128 valence electrons. The van der Waals surface area contributed by atoms with Gasteiger partial charge in [-0.1, -0.05) is 43.5 Å². The number of carbonyl (C=O) groups is 2. The summed E-state index contributed by atoms with van der Waals surface area (Å²) in [4.78, 5) is 23.8. The number of imide groups is 1. The van der Waals surface area contributed by atoms with Gasteiger partial charge in [0.1, 0.15) is 12.2 Å². The minimum Gasteiger partial charge on any atom is -0.443 e. The largest absolute Gasteiger partial charge is 0.443 e. The van der Waals surface area contributed by atoms with Gasteiger partial charge in [0.15, 0.2) is 0 Å². The Labute approximate surface area is 157 Å². The quantitative estimate of drug-likeness (QED) is 0.553. The first-order chi connectivity index (χ1) is 10.6. The maximum absolute atomic E-state index is 11.5. The van der Waals surface area contributed by atoms with E-state index < -0.39 is 11.7 Å². The Morgan fingerprint density at radius 2 is 1.83 bits per heavy atom. The molecule has 1 aliphatic rings. The molecule has 1 heterocycles. The summed E-state index contributed by atoms with van der Waals surface area (Å²) in [7, 11) is 0. The van der Waals surface area contributed by atoms with E-state index in [0.29, 0.717) is 6.61 Å². The van der Waals surface area contributed by atoms with E-state index in [-0.39, 0.29) is 19.1 Å². The molecule has 23 heavy (non-hydrogen) atoms. The summed E-state index contributed by atoms with van der Waals surface area (Å²) < 4.78 is 11.9. The Hall–Kier alpha value is -0.630. The summed E-state index contributed by atoms with van der Waals surface area (Å²) in [6, 6.07) is 5.62. The summed E-state index contributed by atoms with van der Waals surface area (Å²) in [5, 5.41) is 0.733. The predicted molar refractivity (Wildman–Crippen MR) is 95.6 cm³/mol. The molecule has 2 rings (SSSR count). The zero-order valence-electron chi connectivity index (χ0n) is 13.1. The molecule has 0 aliphatic carbocycles. The molecule has 0 saturated carbocycles. The van der Waals surface area contributed by atoms with Crippen LogP contribution in [-0.4, -0.2) is 42.3 Å². The molecule has 8 heteroatoms. The highest BCUT2D eigenvalue weighted by atomic mass is 79.9. The highest BCUT2D eigenvalue weighted by molar-refractivity contribution is 9.11. The first-order valence-electron chi connectivity index (χ1n) is 6.81. The molecule has 1 aromatic rings. The number of morpholine rings is 1. The standard InChI is InChI=1S/C9H15NO4.C6H3Br2Cl/c1-9(2,3)14-8(12)10-4-5-13-6-7(10)11;7-4-1-5(8)3-6(9)2-4/h4-6H2,1-3H3;1-3H. The summed E-state index contributed by atoms with van der Waals surface area (Å²) >= 11 is 12.3. The van der Waals surface area contributed by atoms with E-state index >= 15 is 0 Å². The number of carbonyl (C=O) groups excluding carboxylic acids is 2. The summed E-state index contributed by atoms with van der Waals surface area (Å²) in [6.07, 6.45) is -0.592. The van der Waals surface area contributed by atoms with Crippen molar-refractivity contribution in [1.29, 1.82) is 0 Å². The first kappa shape index (κ1) is 20.4. The van der Waals surface area contributed by atoms with Crippen molar-refractivity contribution in [3.8, 4) is 0 Å². The molecule has 0 spiro atoms. The van der Waals surface area contributed by atoms with E-state index in [0.717, 1.165) is 18.9 Å². The van der Waals surface area contributed by atoms with Crippen molar-refractivity contribution in [2.75, 3.05) is 19.8 Å². The molecule has 1 fully saturated rings. The number of nitrogens with zero attached hydrogens (tertiary/aromatic N) is 1. The Bertz CT molecular complexity index is 525. The van der Waals surface area contributed by atoms with Gasteiger partial charge in [-0.15, -0.1) is 0 Å². The van der Waals surface area contributed by atoms with Crippen molar-refractivity contribution in [2.45, 2.75) is 26.4 Å². The van der Waals surface area contributed by atoms with Crippen LogP contribution in [0.5, 0.6) is 0 Å². The van der Waals surface area contributed by atoms with Crippen LogP contribution in [0.1, 0.15) is 20.8 Å². The van der Waals surface area contributed by atoms with Crippen molar-refractivity contribution < 1.29 is 19.1 Å². The van der Waals surface area contributed by atoms with Gasteiger partial charge in [-0.3, -0.25) is 4.79 Å². The predicted octanol–water partition coefficient (Wildman–Crippen LogP) is 4.65. The van der Waals surface area contributed by atoms with Crippen LogP contribution in [0, 0.1) is 0 Å². The Balaban J connectivity index is 0.000000253. The second-order valence-electron chi connectivity index (χ2n) is 5.67. The maximum atomic E-state index is 11.5.